The normalized spacial score (nSPS) is 11.7. The van der Waals surface area contributed by atoms with E-state index in [1.54, 1.807) is 6.20 Å². The third kappa shape index (κ3) is 5.31. The van der Waals surface area contributed by atoms with E-state index in [0.29, 0.717) is 35.1 Å². The monoisotopic (exact) mass is 443 g/mol. The number of aromatic nitrogens is 2. The Kier molecular flexibility index (Phi) is 6.78. The van der Waals surface area contributed by atoms with Gasteiger partial charge in [0.2, 0.25) is 0 Å². The quantitative estimate of drug-likeness (QED) is 0.376. The molecule has 1 aromatic heterocycles. The van der Waals surface area contributed by atoms with E-state index in [1.807, 2.05) is 84.9 Å². The maximum atomic E-state index is 12.0. The highest BCUT2D eigenvalue weighted by Crippen LogP contribution is 2.25. The summed E-state index contributed by atoms with van der Waals surface area (Å²) in [6, 6.07) is 26.0. The molecular weight excluding hydrogens is 422 g/mol. The lowest BCUT2D eigenvalue weighted by atomic mass is 10.1. The minimum absolute atomic E-state index is 0.323. The van der Waals surface area contributed by atoms with Crippen LogP contribution in [-0.4, -0.2) is 27.1 Å². The lowest BCUT2D eigenvalue weighted by molar-refractivity contribution is -0.137. The maximum Gasteiger partial charge on any atom is 0.326 e. The molecule has 0 saturated carbocycles. The molecule has 6 heteroatoms. The number of carboxylic acid groups (broad SMARTS) is 1. The van der Waals surface area contributed by atoms with Crippen LogP contribution in [0.2, 0.25) is 5.02 Å². The number of hydrogen-bond acceptors (Lipinski definition) is 4. The second-order valence-electron chi connectivity index (χ2n) is 7.41. The van der Waals surface area contributed by atoms with Crippen molar-refractivity contribution in [1.29, 1.82) is 0 Å². The van der Waals surface area contributed by atoms with E-state index in [1.165, 1.54) is 0 Å². The number of carboxylic acids is 1. The van der Waals surface area contributed by atoms with Gasteiger partial charge in [0.05, 0.1) is 17.6 Å². The second-order valence-corrected chi connectivity index (χ2v) is 7.82. The van der Waals surface area contributed by atoms with Crippen LogP contribution in [0.1, 0.15) is 16.8 Å². The largest absolute Gasteiger partial charge is 0.480 e. The summed E-state index contributed by atoms with van der Waals surface area (Å²) < 4.78 is 0. The zero-order chi connectivity index (χ0) is 22.3. The smallest absolute Gasteiger partial charge is 0.326 e. The first-order chi connectivity index (χ1) is 15.6. The number of halogens is 1. The van der Waals surface area contributed by atoms with Crippen molar-refractivity contribution in [3.05, 3.63) is 113 Å². The number of rotatable bonds is 8. The molecule has 2 N–H and O–H groups in total. The number of anilines is 1. The lowest BCUT2D eigenvalue weighted by Crippen LogP contribution is -2.32. The van der Waals surface area contributed by atoms with Crippen molar-refractivity contribution in [3.63, 3.8) is 0 Å². The molecule has 0 spiro atoms. The fourth-order valence-electron chi connectivity index (χ4n) is 3.46. The Morgan fingerprint density at radius 2 is 1.59 bits per heavy atom. The summed E-state index contributed by atoms with van der Waals surface area (Å²) in [4.78, 5) is 21.4. The second kappa shape index (κ2) is 10.1. The first kappa shape index (κ1) is 21.5. The average molecular weight is 444 g/mol. The van der Waals surface area contributed by atoms with E-state index in [4.69, 9.17) is 16.6 Å². The number of hydrogen-bond donors (Lipinski definition) is 2. The summed E-state index contributed by atoms with van der Waals surface area (Å²) >= 11 is 6.38. The molecule has 3 aromatic carbocycles. The van der Waals surface area contributed by atoms with Gasteiger partial charge in [-0.2, -0.15) is 0 Å². The predicted molar refractivity (Wildman–Crippen MR) is 127 cm³/mol. The van der Waals surface area contributed by atoms with Gasteiger partial charge in [0.25, 0.3) is 0 Å². The van der Waals surface area contributed by atoms with Crippen LogP contribution in [0.5, 0.6) is 0 Å². The van der Waals surface area contributed by atoms with Gasteiger partial charge < -0.3 is 10.4 Å². The van der Waals surface area contributed by atoms with Crippen molar-refractivity contribution in [1.82, 2.24) is 9.97 Å². The molecule has 4 rings (SSSR count). The summed E-state index contributed by atoms with van der Waals surface area (Å²) in [7, 11) is 0. The van der Waals surface area contributed by atoms with E-state index in [9.17, 15) is 9.90 Å². The first-order valence-electron chi connectivity index (χ1n) is 10.3. The third-order valence-electron chi connectivity index (χ3n) is 5.12. The Bertz CT molecular complexity index is 1200. The summed E-state index contributed by atoms with van der Waals surface area (Å²) in [5.74, 6) is -0.514. The standard InChI is InChI=1S/C26H22ClN3O2/c27-21-14-8-7-13-20(21)16-22-25(28-17-24(29-22)19-11-5-2-6-12-19)30-23(26(31)32)15-18-9-3-1-4-10-18/h1-14,17,23H,15-16H2,(H,28,30)(H,31,32)/t23-/m0/s1. The van der Waals surface area contributed by atoms with Crippen LogP contribution in [-0.2, 0) is 17.6 Å². The molecule has 1 atom stereocenters. The summed E-state index contributed by atoms with van der Waals surface area (Å²) in [5.41, 5.74) is 4.11. The highest BCUT2D eigenvalue weighted by Gasteiger charge is 2.21. The molecule has 0 unspecified atom stereocenters. The molecule has 1 heterocycles. The molecule has 0 amide bonds. The van der Waals surface area contributed by atoms with Crippen LogP contribution < -0.4 is 5.32 Å². The highest BCUT2D eigenvalue weighted by atomic mass is 35.5. The first-order valence-corrected chi connectivity index (χ1v) is 10.7. The van der Waals surface area contributed by atoms with Gasteiger partial charge in [0.15, 0.2) is 0 Å². The maximum absolute atomic E-state index is 12.0. The van der Waals surface area contributed by atoms with Crippen LogP contribution in [0, 0.1) is 0 Å². The number of nitrogens with zero attached hydrogens (tertiary/aromatic N) is 2. The van der Waals surface area contributed by atoms with Gasteiger partial charge in [-0.1, -0.05) is 90.5 Å². The fraction of sp³-hybridized carbons (Fsp3) is 0.115. The van der Waals surface area contributed by atoms with Crippen molar-refractivity contribution in [3.8, 4) is 11.3 Å². The summed E-state index contributed by atoms with van der Waals surface area (Å²) in [6.45, 7) is 0. The molecule has 0 saturated heterocycles. The topological polar surface area (TPSA) is 75.1 Å². The molecule has 160 valence electrons. The van der Waals surface area contributed by atoms with Gasteiger partial charge in [0, 0.05) is 23.4 Å². The van der Waals surface area contributed by atoms with E-state index in [0.717, 1.165) is 16.7 Å². The van der Waals surface area contributed by atoms with E-state index < -0.39 is 12.0 Å². The molecule has 0 aliphatic rings. The van der Waals surface area contributed by atoms with E-state index in [-0.39, 0.29) is 0 Å². The van der Waals surface area contributed by atoms with Crippen LogP contribution in [0.15, 0.2) is 91.1 Å². The molecule has 32 heavy (non-hydrogen) atoms. The molecule has 0 aliphatic carbocycles. The lowest BCUT2D eigenvalue weighted by Gasteiger charge is -2.18. The fourth-order valence-corrected chi connectivity index (χ4v) is 3.66. The SMILES string of the molecule is O=C(O)[C@H](Cc1ccccc1)Nc1ncc(-c2ccccc2)nc1Cc1ccccc1Cl. The predicted octanol–water partition coefficient (Wildman–Crippen LogP) is 5.50. The van der Waals surface area contributed by atoms with Gasteiger partial charge in [-0.15, -0.1) is 0 Å². The molecule has 0 fully saturated rings. The number of aliphatic carboxylic acids is 1. The van der Waals surface area contributed by atoms with Gasteiger partial charge in [-0.05, 0) is 17.2 Å². The summed E-state index contributed by atoms with van der Waals surface area (Å²) in [5, 5.41) is 13.5. The van der Waals surface area contributed by atoms with Crippen LogP contribution in [0.3, 0.4) is 0 Å². The van der Waals surface area contributed by atoms with Crippen molar-refractivity contribution in [2.45, 2.75) is 18.9 Å². The Hall–Kier alpha value is -3.70. The van der Waals surface area contributed by atoms with Crippen LogP contribution in [0.4, 0.5) is 5.82 Å². The minimum atomic E-state index is -0.952. The van der Waals surface area contributed by atoms with Crippen LogP contribution in [0.25, 0.3) is 11.3 Å². The zero-order valence-corrected chi connectivity index (χ0v) is 18.0. The molecule has 0 bridgehead atoms. The Balaban J connectivity index is 1.69. The summed E-state index contributed by atoms with van der Waals surface area (Å²) in [6.07, 6.45) is 2.41. The Morgan fingerprint density at radius 1 is 0.938 bits per heavy atom. The minimum Gasteiger partial charge on any atom is -0.480 e. The number of nitrogens with one attached hydrogen (secondary N) is 1. The molecule has 4 aromatic rings. The average Bonchev–Trinajstić information content (AvgIpc) is 2.82. The zero-order valence-electron chi connectivity index (χ0n) is 17.3. The number of benzene rings is 3. The molecular formula is C26H22ClN3O2. The van der Waals surface area contributed by atoms with Gasteiger partial charge in [-0.25, -0.2) is 14.8 Å². The molecule has 0 aliphatic heterocycles. The molecule has 0 radical (unpaired) electrons. The Morgan fingerprint density at radius 3 is 2.28 bits per heavy atom. The van der Waals surface area contributed by atoms with Gasteiger partial charge >= 0.3 is 5.97 Å². The van der Waals surface area contributed by atoms with Crippen molar-refractivity contribution in [2.75, 3.05) is 5.32 Å². The van der Waals surface area contributed by atoms with E-state index >= 15 is 0 Å². The van der Waals surface area contributed by atoms with Crippen molar-refractivity contribution < 1.29 is 9.90 Å². The molecule has 5 nitrogen and oxygen atoms in total. The van der Waals surface area contributed by atoms with Gasteiger partial charge in [-0.3, -0.25) is 0 Å². The van der Waals surface area contributed by atoms with Gasteiger partial charge in [0.1, 0.15) is 11.9 Å². The van der Waals surface area contributed by atoms with E-state index in [2.05, 4.69) is 10.3 Å². The van der Waals surface area contributed by atoms with Crippen molar-refractivity contribution >= 4 is 23.4 Å². The Labute approximate surface area is 191 Å². The van der Waals surface area contributed by atoms with Crippen LogP contribution >= 0.6 is 11.6 Å². The number of carbonyl (C=O) groups is 1. The van der Waals surface area contributed by atoms with Crippen molar-refractivity contribution in [2.24, 2.45) is 0 Å². The highest BCUT2D eigenvalue weighted by molar-refractivity contribution is 6.31. The third-order valence-corrected chi connectivity index (χ3v) is 5.49.